The number of carbonyl (C=O) groups excluding carboxylic acids is 1. The van der Waals surface area contributed by atoms with Crippen LogP contribution in [-0.2, 0) is 0 Å². The minimum atomic E-state index is 0.0725. The fourth-order valence-corrected chi connectivity index (χ4v) is 2.53. The molecule has 0 spiro atoms. The van der Waals surface area contributed by atoms with Crippen molar-refractivity contribution in [3.8, 4) is 0 Å². The smallest absolute Gasteiger partial charge is 0.254 e. The Kier molecular flexibility index (Phi) is 6.80. The predicted octanol–water partition coefficient (Wildman–Crippen LogP) is 4.14. The lowest BCUT2D eigenvalue weighted by Crippen LogP contribution is -2.32. The van der Waals surface area contributed by atoms with Crippen LogP contribution in [0.5, 0.6) is 0 Å². The van der Waals surface area contributed by atoms with E-state index >= 15 is 0 Å². The van der Waals surface area contributed by atoms with Gasteiger partial charge in [-0.15, -0.1) is 11.6 Å². The van der Waals surface area contributed by atoms with Crippen molar-refractivity contribution >= 4 is 56.0 Å². The molecule has 0 N–H and O–H groups in total. The van der Waals surface area contributed by atoms with E-state index in [9.17, 15) is 4.79 Å². The van der Waals surface area contributed by atoms with Gasteiger partial charge in [0.05, 0.1) is 5.56 Å². The van der Waals surface area contributed by atoms with Gasteiger partial charge in [0.15, 0.2) is 0 Å². The second kappa shape index (κ2) is 7.59. The third-order valence-corrected chi connectivity index (χ3v) is 4.09. The van der Waals surface area contributed by atoms with Gasteiger partial charge in [0, 0.05) is 27.0 Å². The van der Waals surface area contributed by atoms with Gasteiger partial charge in [0.2, 0.25) is 0 Å². The molecule has 0 heterocycles. The van der Waals surface area contributed by atoms with Gasteiger partial charge in [-0.3, -0.25) is 4.79 Å². The van der Waals surface area contributed by atoms with E-state index in [4.69, 9.17) is 11.6 Å². The Hall–Kier alpha value is 0.190. The lowest BCUT2D eigenvalue weighted by molar-refractivity contribution is 0.0763. The molecular formula is C12H14BrClINO. The van der Waals surface area contributed by atoms with Gasteiger partial charge in [-0.2, -0.15) is 0 Å². The first-order chi connectivity index (χ1) is 8.10. The van der Waals surface area contributed by atoms with Gasteiger partial charge >= 0.3 is 0 Å². The summed E-state index contributed by atoms with van der Waals surface area (Å²) in [5.74, 6) is 0.655. The molecule has 0 unspecified atom stereocenters. The van der Waals surface area contributed by atoms with Crippen LogP contribution in [0, 0.1) is 3.57 Å². The zero-order valence-corrected chi connectivity index (χ0v) is 14.0. The van der Waals surface area contributed by atoms with Crippen molar-refractivity contribution in [1.29, 1.82) is 0 Å². The fourth-order valence-electron chi connectivity index (χ4n) is 1.49. The van der Waals surface area contributed by atoms with Crippen LogP contribution in [0.15, 0.2) is 22.7 Å². The Morgan fingerprint density at radius 2 is 2.24 bits per heavy atom. The molecule has 0 bridgehead atoms. The summed E-state index contributed by atoms with van der Waals surface area (Å²) in [5.41, 5.74) is 0.747. The largest absolute Gasteiger partial charge is 0.339 e. The molecule has 0 aliphatic rings. The molecule has 0 aromatic heterocycles. The molecule has 0 atom stereocenters. The lowest BCUT2D eigenvalue weighted by Gasteiger charge is -2.21. The van der Waals surface area contributed by atoms with E-state index in [0.29, 0.717) is 19.0 Å². The number of hydrogen-bond donors (Lipinski definition) is 0. The van der Waals surface area contributed by atoms with Crippen LogP contribution in [0.2, 0.25) is 0 Å². The Labute approximate surface area is 129 Å². The molecule has 1 aromatic carbocycles. The summed E-state index contributed by atoms with van der Waals surface area (Å²) in [6.45, 7) is 3.40. The molecule has 1 rings (SSSR count). The maximum atomic E-state index is 12.3. The average molecular weight is 431 g/mol. The average Bonchev–Trinajstić information content (AvgIpc) is 2.33. The molecule has 2 nitrogen and oxygen atoms in total. The predicted molar refractivity (Wildman–Crippen MR) is 83.8 cm³/mol. The molecule has 5 heteroatoms. The van der Waals surface area contributed by atoms with Crippen LogP contribution in [0.4, 0.5) is 0 Å². The van der Waals surface area contributed by atoms with Gasteiger partial charge in [0.25, 0.3) is 5.91 Å². The van der Waals surface area contributed by atoms with E-state index in [-0.39, 0.29) is 5.91 Å². The molecule has 0 saturated heterocycles. The molecule has 0 aliphatic heterocycles. The van der Waals surface area contributed by atoms with Gasteiger partial charge < -0.3 is 4.90 Å². The number of benzene rings is 1. The van der Waals surface area contributed by atoms with E-state index in [1.165, 1.54) is 0 Å². The van der Waals surface area contributed by atoms with Gasteiger partial charge in [-0.25, -0.2) is 0 Å². The van der Waals surface area contributed by atoms with E-state index < -0.39 is 0 Å². The number of carbonyl (C=O) groups is 1. The van der Waals surface area contributed by atoms with E-state index in [0.717, 1.165) is 20.0 Å². The Morgan fingerprint density at radius 3 is 2.82 bits per heavy atom. The molecule has 0 radical (unpaired) electrons. The van der Waals surface area contributed by atoms with Crippen LogP contribution in [-0.4, -0.2) is 29.8 Å². The topological polar surface area (TPSA) is 20.3 Å². The molecule has 1 amide bonds. The van der Waals surface area contributed by atoms with Gasteiger partial charge in [-0.05, 0) is 54.1 Å². The van der Waals surface area contributed by atoms with Crippen molar-refractivity contribution in [2.45, 2.75) is 13.3 Å². The van der Waals surface area contributed by atoms with Gasteiger partial charge in [-0.1, -0.05) is 15.9 Å². The van der Waals surface area contributed by atoms with Crippen molar-refractivity contribution < 1.29 is 4.79 Å². The van der Waals surface area contributed by atoms with Crippen molar-refractivity contribution in [3.63, 3.8) is 0 Å². The Morgan fingerprint density at radius 1 is 1.53 bits per heavy atom. The zero-order chi connectivity index (χ0) is 12.8. The van der Waals surface area contributed by atoms with Crippen LogP contribution in [0.1, 0.15) is 23.7 Å². The molecule has 0 saturated carbocycles. The molecule has 1 aromatic rings. The van der Waals surface area contributed by atoms with Crippen LogP contribution < -0.4 is 0 Å². The molecule has 0 fully saturated rings. The van der Waals surface area contributed by atoms with Crippen molar-refractivity contribution in [2.24, 2.45) is 0 Å². The number of nitrogens with zero attached hydrogens (tertiary/aromatic N) is 1. The summed E-state index contributed by atoms with van der Waals surface area (Å²) >= 11 is 11.2. The first-order valence-electron chi connectivity index (χ1n) is 5.40. The standard InChI is InChI=1S/C12H14BrClINO/c1-2-16(7-3-6-14)12(17)10-8-9(13)4-5-11(10)15/h4-5,8H,2-3,6-7H2,1H3. The SMILES string of the molecule is CCN(CCCCl)C(=O)c1cc(Br)ccc1I. The Bertz CT molecular complexity index is 400. The second-order valence-electron chi connectivity index (χ2n) is 3.55. The molecule has 17 heavy (non-hydrogen) atoms. The Balaban J connectivity index is 2.89. The maximum Gasteiger partial charge on any atom is 0.254 e. The number of halogens is 3. The van der Waals surface area contributed by atoms with Crippen molar-refractivity contribution in [1.82, 2.24) is 4.90 Å². The first-order valence-corrected chi connectivity index (χ1v) is 7.81. The highest BCUT2D eigenvalue weighted by Gasteiger charge is 2.16. The summed E-state index contributed by atoms with van der Waals surface area (Å²) < 4.78 is 1.90. The number of alkyl halides is 1. The normalized spacial score (nSPS) is 10.4. The number of amides is 1. The third-order valence-electron chi connectivity index (χ3n) is 2.39. The summed E-state index contributed by atoms with van der Waals surface area (Å²) in [6, 6.07) is 5.74. The highest BCUT2D eigenvalue weighted by Crippen LogP contribution is 2.20. The summed E-state index contributed by atoms with van der Waals surface area (Å²) in [7, 11) is 0. The van der Waals surface area contributed by atoms with E-state index in [1.807, 2.05) is 30.0 Å². The van der Waals surface area contributed by atoms with Crippen molar-refractivity contribution in [3.05, 3.63) is 31.8 Å². The van der Waals surface area contributed by atoms with E-state index in [2.05, 4.69) is 38.5 Å². The van der Waals surface area contributed by atoms with Crippen LogP contribution >= 0.6 is 50.1 Å². The second-order valence-corrected chi connectivity index (χ2v) is 6.01. The molecule has 0 aliphatic carbocycles. The highest BCUT2D eigenvalue weighted by atomic mass is 127. The zero-order valence-electron chi connectivity index (χ0n) is 9.55. The van der Waals surface area contributed by atoms with Gasteiger partial charge in [0.1, 0.15) is 0 Å². The number of hydrogen-bond acceptors (Lipinski definition) is 1. The summed E-state index contributed by atoms with van der Waals surface area (Å²) in [5, 5.41) is 0. The quantitative estimate of drug-likeness (QED) is 0.508. The first kappa shape index (κ1) is 15.2. The lowest BCUT2D eigenvalue weighted by atomic mass is 10.2. The molecule has 94 valence electrons. The minimum Gasteiger partial charge on any atom is -0.339 e. The number of rotatable bonds is 5. The van der Waals surface area contributed by atoms with Crippen LogP contribution in [0.25, 0.3) is 0 Å². The van der Waals surface area contributed by atoms with Crippen LogP contribution in [0.3, 0.4) is 0 Å². The monoisotopic (exact) mass is 429 g/mol. The van der Waals surface area contributed by atoms with Crippen molar-refractivity contribution in [2.75, 3.05) is 19.0 Å². The fraction of sp³-hybridized carbons (Fsp3) is 0.417. The molecular weight excluding hydrogens is 416 g/mol. The summed E-state index contributed by atoms with van der Waals surface area (Å²) in [6.07, 6.45) is 0.825. The highest BCUT2D eigenvalue weighted by molar-refractivity contribution is 14.1. The van der Waals surface area contributed by atoms with E-state index in [1.54, 1.807) is 0 Å². The maximum absolute atomic E-state index is 12.3. The minimum absolute atomic E-state index is 0.0725. The summed E-state index contributed by atoms with van der Waals surface area (Å²) in [4.78, 5) is 14.1. The third kappa shape index (κ3) is 4.41.